The Bertz CT molecular complexity index is 219. The molecule has 2 heteroatoms. The van der Waals surface area contributed by atoms with Gasteiger partial charge in [-0.2, -0.15) is 0 Å². The van der Waals surface area contributed by atoms with Crippen LogP contribution >= 0.6 is 0 Å². The quantitative estimate of drug-likeness (QED) is 0.444. The topological polar surface area (TPSA) is 15.6 Å². The van der Waals surface area contributed by atoms with Crippen LogP contribution in [-0.4, -0.2) is 29.9 Å². The lowest BCUT2D eigenvalue weighted by Crippen LogP contribution is -2.34. The molecule has 3 atom stereocenters. The summed E-state index contributed by atoms with van der Waals surface area (Å²) in [4.78, 5) is 6.68. The zero-order valence-electron chi connectivity index (χ0n) is 5.77. The van der Waals surface area contributed by atoms with Crippen molar-refractivity contribution in [3.8, 4) is 0 Å². The maximum Gasteiger partial charge on any atom is 0.0859 e. The number of hydrogen-bond acceptors (Lipinski definition) is 2. The summed E-state index contributed by atoms with van der Waals surface area (Å²) < 4.78 is 0. The normalized spacial score (nSPS) is 47.2. The minimum atomic E-state index is 0.696. The van der Waals surface area contributed by atoms with Crippen LogP contribution in [0.15, 0.2) is 17.1 Å². The van der Waals surface area contributed by atoms with E-state index in [1.807, 2.05) is 6.34 Å². The molecule has 52 valence electrons. The number of nitrogens with zero attached hydrogens (tertiary/aromatic N) is 2. The van der Waals surface area contributed by atoms with Gasteiger partial charge >= 0.3 is 0 Å². The Kier molecular flexibility index (Phi) is 0.712. The van der Waals surface area contributed by atoms with Gasteiger partial charge in [0.1, 0.15) is 0 Å². The highest BCUT2D eigenvalue weighted by molar-refractivity contribution is 5.61. The zero-order chi connectivity index (χ0) is 6.55. The second-order valence-electron chi connectivity index (χ2n) is 3.35. The summed E-state index contributed by atoms with van der Waals surface area (Å²) in [6.45, 7) is 1.03. The molecule has 0 aromatic rings. The fraction of sp³-hybridized carbons (Fsp3) is 0.625. The van der Waals surface area contributed by atoms with Crippen LogP contribution in [0.2, 0.25) is 0 Å². The van der Waals surface area contributed by atoms with Crippen LogP contribution in [0.25, 0.3) is 0 Å². The number of hydrogen-bond donors (Lipinski definition) is 0. The van der Waals surface area contributed by atoms with E-state index in [4.69, 9.17) is 0 Å². The van der Waals surface area contributed by atoms with Crippen molar-refractivity contribution in [3.05, 3.63) is 12.2 Å². The molecule has 0 N–H and O–H groups in total. The van der Waals surface area contributed by atoms with E-state index < -0.39 is 0 Å². The van der Waals surface area contributed by atoms with Gasteiger partial charge in [-0.3, -0.25) is 4.99 Å². The molecule has 2 aliphatic heterocycles. The summed E-state index contributed by atoms with van der Waals surface area (Å²) >= 11 is 0. The molecule has 0 spiro atoms. The van der Waals surface area contributed by atoms with Crippen LogP contribution in [0.5, 0.6) is 0 Å². The standard InChI is InChI=1S/C8H10N2/c1-2-7-3-6(1)8-4-9-5-10(7)8/h1-2,5-8H,3-4H2. The molecular formula is C8H10N2. The molecule has 1 aliphatic carbocycles. The Morgan fingerprint density at radius 2 is 2.40 bits per heavy atom. The second kappa shape index (κ2) is 1.44. The third kappa shape index (κ3) is 0.405. The van der Waals surface area contributed by atoms with Crippen LogP contribution in [0.4, 0.5) is 0 Å². The van der Waals surface area contributed by atoms with Gasteiger partial charge in [-0.25, -0.2) is 0 Å². The lowest BCUT2D eigenvalue weighted by atomic mass is 10.0. The van der Waals surface area contributed by atoms with Gasteiger partial charge in [0.25, 0.3) is 0 Å². The first-order chi connectivity index (χ1) is 4.95. The predicted octanol–water partition coefficient (Wildman–Crippen LogP) is 0.657. The summed E-state index contributed by atoms with van der Waals surface area (Å²) in [5, 5.41) is 0. The molecule has 0 aromatic carbocycles. The lowest BCUT2D eigenvalue weighted by Gasteiger charge is -2.24. The Labute approximate surface area is 60.2 Å². The van der Waals surface area contributed by atoms with E-state index in [-0.39, 0.29) is 0 Å². The van der Waals surface area contributed by atoms with Crippen molar-refractivity contribution in [2.24, 2.45) is 10.9 Å². The van der Waals surface area contributed by atoms with Crippen molar-refractivity contribution < 1.29 is 0 Å². The Morgan fingerprint density at radius 3 is 3.30 bits per heavy atom. The lowest BCUT2D eigenvalue weighted by molar-refractivity contribution is 0.359. The van der Waals surface area contributed by atoms with E-state index in [0.29, 0.717) is 6.04 Å². The molecule has 3 rings (SSSR count). The van der Waals surface area contributed by atoms with Crippen LogP contribution < -0.4 is 0 Å². The van der Waals surface area contributed by atoms with E-state index in [9.17, 15) is 0 Å². The van der Waals surface area contributed by atoms with Gasteiger partial charge in [-0.05, 0) is 6.42 Å². The third-order valence-electron chi connectivity index (χ3n) is 2.86. The van der Waals surface area contributed by atoms with Crippen LogP contribution in [0.3, 0.4) is 0 Å². The van der Waals surface area contributed by atoms with Gasteiger partial charge in [0, 0.05) is 12.0 Å². The molecule has 2 bridgehead atoms. The molecule has 0 saturated carbocycles. The Morgan fingerprint density at radius 1 is 1.40 bits per heavy atom. The fourth-order valence-corrected chi connectivity index (χ4v) is 2.33. The summed E-state index contributed by atoms with van der Waals surface area (Å²) in [5.41, 5.74) is 0. The molecule has 2 heterocycles. The molecule has 0 radical (unpaired) electrons. The predicted molar refractivity (Wildman–Crippen MR) is 40.0 cm³/mol. The first kappa shape index (κ1) is 4.94. The van der Waals surface area contributed by atoms with Gasteiger partial charge in [-0.15, -0.1) is 0 Å². The highest BCUT2D eigenvalue weighted by Crippen LogP contribution is 2.37. The zero-order valence-corrected chi connectivity index (χ0v) is 5.77. The van der Waals surface area contributed by atoms with Crippen LogP contribution in [0.1, 0.15) is 6.42 Å². The Balaban J connectivity index is 2.04. The molecule has 1 saturated heterocycles. The molecule has 0 amide bonds. The molecule has 1 fully saturated rings. The minimum absolute atomic E-state index is 0.696. The molecule has 3 unspecified atom stereocenters. The second-order valence-corrected chi connectivity index (χ2v) is 3.35. The Hall–Kier alpha value is -0.790. The fourth-order valence-electron chi connectivity index (χ4n) is 2.33. The highest BCUT2D eigenvalue weighted by Gasteiger charge is 2.42. The number of fused-ring (bicyclic) bond motifs is 5. The van der Waals surface area contributed by atoms with E-state index in [1.165, 1.54) is 6.42 Å². The van der Waals surface area contributed by atoms with Gasteiger partial charge in [-0.1, -0.05) is 12.2 Å². The first-order valence-corrected chi connectivity index (χ1v) is 3.91. The number of rotatable bonds is 0. The molecule has 3 aliphatic rings. The van der Waals surface area contributed by atoms with Crippen molar-refractivity contribution in [2.45, 2.75) is 18.5 Å². The maximum atomic E-state index is 4.27. The van der Waals surface area contributed by atoms with Crippen LogP contribution in [-0.2, 0) is 0 Å². The van der Waals surface area contributed by atoms with E-state index in [1.54, 1.807) is 0 Å². The average Bonchev–Trinajstić information content (AvgIpc) is 2.60. The van der Waals surface area contributed by atoms with Crippen molar-refractivity contribution in [1.29, 1.82) is 0 Å². The maximum absolute atomic E-state index is 4.27. The van der Waals surface area contributed by atoms with Gasteiger partial charge in [0.2, 0.25) is 0 Å². The monoisotopic (exact) mass is 134 g/mol. The van der Waals surface area contributed by atoms with Crippen molar-refractivity contribution in [3.63, 3.8) is 0 Å². The summed E-state index contributed by atoms with van der Waals surface area (Å²) in [6, 6.07) is 1.43. The first-order valence-electron chi connectivity index (χ1n) is 3.91. The molecule has 0 aromatic heterocycles. The van der Waals surface area contributed by atoms with Gasteiger partial charge < -0.3 is 4.90 Å². The van der Waals surface area contributed by atoms with E-state index in [2.05, 4.69) is 22.0 Å². The molecule has 10 heavy (non-hydrogen) atoms. The third-order valence-corrected chi connectivity index (χ3v) is 2.86. The molecule has 2 nitrogen and oxygen atoms in total. The average molecular weight is 134 g/mol. The smallest absolute Gasteiger partial charge is 0.0859 e. The van der Waals surface area contributed by atoms with E-state index in [0.717, 1.165) is 18.5 Å². The van der Waals surface area contributed by atoms with Crippen molar-refractivity contribution in [2.75, 3.05) is 6.54 Å². The van der Waals surface area contributed by atoms with Crippen molar-refractivity contribution in [1.82, 2.24) is 4.90 Å². The molecular weight excluding hydrogens is 124 g/mol. The SMILES string of the molecule is C1=CC2CC1C1CN=CN21. The van der Waals surface area contributed by atoms with Gasteiger partial charge in [0.05, 0.1) is 18.9 Å². The summed E-state index contributed by atoms with van der Waals surface area (Å²) in [5.74, 6) is 0.812. The number of aliphatic imine (C=N–C) groups is 1. The summed E-state index contributed by atoms with van der Waals surface area (Å²) in [6.07, 6.45) is 8.05. The van der Waals surface area contributed by atoms with Crippen molar-refractivity contribution >= 4 is 6.34 Å². The largest absolute Gasteiger partial charge is 0.351 e. The van der Waals surface area contributed by atoms with Crippen LogP contribution in [0, 0.1) is 5.92 Å². The van der Waals surface area contributed by atoms with Gasteiger partial charge in [0.15, 0.2) is 0 Å². The van der Waals surface area contributed by atoms with E-state index >= 15 is 0 Å². The minimum Gasteiger partial charge on any atom is -0.351 e. The summed E-state index contributed by atoms with van der Waals surface area (Å²) in [7, 11) is 0. The highest BCUT2D eigenvalue weighted by atomic mass is 15.3.